The van der Waals surface area contributed by atoms with Crippen molar-refractivity contribution in [2.45, 2.75) is 19.9 Å². The minimum absolute atomic E-state index is 0.608. The number of benzene rings is 2. The van der Waals surface area contributed by atoms with Gasteiger partial charge in [-0.3, -0.25) is 4.99 Å². The molecular weight excluding hydrogens is 350 g/mol. The van der Waals surface area contributed by atoms with E-state index in [0.717, 1.165) is 41.0 Å². The Bertz CT molecular complexity index is 735. The molecule has 0 saturated carbocycles. The van der Waals surface area contributed by atoms with Gasteiger partial charge in [-0.25, -0.2) is 0 Å². The Labute approximate surface area is 160 Å². The van der Waals surface area contributed by atoms with E-state index in [1.54, 1.807) is 14.2 Å². The highest BCUT2D eigenvalue weighted by atomic mass is 35.5. The van der Waals surface area contributed by atoms with Gasteiger partial charge in [0.1, 0.15) is 0 Å². The normalized spacial score (nSPS) is 11.2. The third-order valence-corrected chi connectivity index (χ3v) is 4.04. The maximum Gasteiger partial charge on any atom is 0.191 e. The number of hydrogen-bond donors (Lipinski definition) is 2. The van der Waals surface area contributed by atoms with Gasteiger partial charge in [0.05, 0.1) is 13.7 Å². The zero-order chi connectivity index (χ0) is 18.8. The Hall–Kier alpha value is -2.40. The van der Waals surface area contributed by atoms with Crippen LogP contribution in [0.1, 0.15) is 18.1 Å². The summed E-state index contributed by atoms with van der Waals surface area (Å²) in [5, 5.41) is 7.37. The van der Waals surface area contributed by atoms with Gasteiger partial charge in [-0.15, -0.1) is 0 Å². The highest BCUT2D eigenvalue weighted by Gasteiger charge is 2.06. The minimum atomic E-state index is 0.608. The third kappa shape index (κ3) is 6.15. The molecular formula is C20H26ClN3O2. The Morgan fingerprint density at radius 3 is 2.62 bits per heavy atom. The average molecular weight is 376 g/mol. The number of guanidine groups is 1. The first kappa shape index (κ1) is 19.9. The number of ether oxygens (including phenoxy) is 2. The molecule has 2 aromatic rings. The van der Waals surface area contributed by atoms with Crippen molar-refractivity contribution in [1.82, 2.24) is 10.6 Å². The summed E-state index contributed by atoms with van der Waals surface area (Å²) in [5.74, 6) is 2.23. The van der Waals surface area contributed by atoms with E-state index in [0.29, 0.717) is 13.2 Å². The number of nitrogens with one attached hydrogen (secondary N) is 2. The smallest absolute Gasteiger partial charge is 0.191 e. The van der Waals surface area contributed by atoms with E-state index in [1.807, 2.05) is 43.3 Å². The molecule has 0 spiro atoms. The van der Waals surface area contributed by atoms with Crippen LogP contribution in [0.4, 0.5) is 0 Å². The quantitative estimate of drug-likeness (QED) is 0.546. The van der Waals surface area contributed by atoms with E-state index >= 15 is 0 Å². The van der Waals surface area contributed by atoms with Gasteiger partial charge >= 0.3 is 0 Å². The molecule has 0 amide bonds. The molecule has 0 radical (unpaired) electrons. The molecule has 2 N–H and O–H groups in total. The second kappa shape index (κ2) is 10.6. The summed E-state index contributed by atoms with van der Waals surface area (Å²) in [5.41, 5.74) is 2.28. The van der Waals surface area contributed by atoms with Crippen LogP contribution in [0.2, 0.25) is 5.02 Å². The first-order valence-corrected chi connectivity index (χ1v) is 9.02. The fourth-order valence-electron chi connectivity index (χ4n) is 2.52. The van der Waals surface area contributed by atoms with Crippen molar-refractivity contribution < 1.29 is 9.47 Å². The number of nitrogens with zero attached hydrogens (tertiary/aromatic N) is 1. The molecule has 0 atom stereocenters. The van der Waals surface area contributed by atoms with E-state index in [9.17, 15) is 0 Å². The summed E-state index contributed by atoms with van der Waals surface area (Å²) in [4.78, 5) is 4.25. The number of hydrogen-bond acceptors (Lipinski definition) is 3. The molecule has 6 heteroatoms. The molecule has 0 aromatic heterocycles. The molecule has 0 aliphatic heterocycles. The summed E-state index contributed by atoms with van der Waals surface area (Å²) in [6.45, 7) is 3.97. The zero-order valence-corrected chi connectivity index (χ0v) is 16.3. The lowest BCUT2D eigenvalue weighted by Crippen LogP contribution is -2.37. The Morgan fingerprint density at radius 1 is 1.08 bits per heavy atom. The molecule has 0 fully saturated rings. The van der Waals surface area contributed by atoms with Crippen LogP contribution < -0.4 is 20.1 Å². The van der Waals surface area contributed by atoms with Crippen LogP contribution in [0.25, 0.3) is 0 Å². The van der Waals surface area contributed by atoms with Crippen LogP contribution in [0.15, 0.2) is 47.5 Å². The van der Waals surface area contributed by atoms with E-state index in [4.69, 9.17) is 21.1 Å². The third-order valence-electron chi connectivity index (χ3n) is 3.81. The van der Waals surface area contributed by atoms with Crippen molar-refractivity contribution in [3.8, 4) is 11.5 Å². The predicted octanol–water partition coefficient (Wildman–Crippen LogP) is 3.66. The Morgan fingerprint density at radius 2 is 1.92 bits per heavy atom. The highest BCUT2D eigenvalue weighted by molar-refractivity contribution is 6.30. The van der Waals surface area contributed by atoms with Gasteiger partial charge in [0.25, 0.3) is 0 Å². The lowest BCUT2D eigenvalue weighted by molar-refractivity contribution is 0.310. The standard InChI is InChI=1S/C20H26ClN3O2/c1-4-26-18-9-8-16(13-19(18)25-3)14-24-20(22-2)23-11-10-15-6-5-7-17(21)12-15/h5-9,12-13H,4,10-11,14H2,1-3H3,(H2,22,23,24). The van der Waals surface area contributed by atoms with Gasteiger partial charge < -0.3 is 20.1 Å². The molecule has 2 aromatic carbocycles. The molecule has 0 aliphatic rings. The summed E-state index contributed by atoms with van der Waals surface area (Å²) >= 11 is 6.01. The van der Waals surface area contributed by atoms with E-state index in [2.05, 4.69) is 21.7 Å². The number of methoxy groups -OCH3 is 1. The molecule has 26 heavy (non-hydrogen) atoms. The molecule has 0 unspecified atom stereocenters. The van der Waals surface area contributed by atoms with E-state index in [-0.39, 0.29) is 0 Å². The van der Waals surface area contributed by atoms with Crippen molar-refractivity contribution >= 4 is 17.6 Å². The number of aliphatic imine (C=N–C) groups is 1. The fourth-order valence-corrected chi connectivity index (χ4v) is 2.73. The number of rotatable bonds is 8. The lowest BCUT2D eigenvalue weighted by Gasteiger charge is -2.14. The van der Waals surface area contributed by atoms with Gasteiger partial charge in [-0.2, -0.15) is 0 Å². The predicted molar refractivity (Wildman–Crippen MR) is 108 cm³/mol. The maximum atomic E-state index is 6.01. The molecule has 0 heterocycles. The van der Waals surface area contributed by atoms with Gasteiger partial charge in [-0.05, 0) is 48.7 Å². The molecule has 0 saturated heterocycles. The van der Waals surface area contributed by atoms with Crippen LogP contribution in [-0.2, 0) is 13.0 Å². The van der Waals surface area contributed by atoms with Crippen LogP contribution in [0, 0.1) is 0 Å². The molecule has 0 bridgehead atoms. The van der Waals surface area contributed by atoms with E-state index in [1.165, 1.54) is 5.56 Å². The summed E-state index contributed by atoms with van der Waals surface area (Å²) in [6, 6.07) is 13.8. The van der Waals surface area contributed by atoms with Crippen molar-refractivity contribution in [2.24, 2.45) is 4.99 Å². The second-order valence-electron chi connectivity index (χ2n) is 5.65. The highest BCUT2D eigenvalue weighted by Crippen LogP contribution is 2.27. The van der Waals surface area contributed by atoms with Crippen molar-refractivity contribution in [3.63, 3.8) is 0 Å². The first-order valence-electron chi connectivity index (χ1n) is 8.65. The fraction of sp³-hybridized carbons (Fsp3) is 0.350. The molecule has 2 rings (SSSR count). The monoisotopic (exact) mass is 375 g/mol. The van der Waals surface area contributed by atoms with Crippen LogP contribution in [0.5, 0.6) is 11.5 Å². The van der Waals surface area contributed by atoms with Crippen LogP contribution in [0.3, 0.4) is 0 Å². The Balaban J connectivity index is 1.84. The Kier molecular flexibility index (Phi) is 8.09. The van der Waals surface area contributed by atoms with Gasteiger partial charge in [0.2, 0.25) is 0 Å². The SMILES string of the molecule is CCOc1ccc(CNC(=NC)NCCc2cccc(Cl)c2)cc1OC. The van der Waals surface area contributed by atoms with Crippen molar-refractivity contribution in [3.05, 3.63) is 58.6 Å². The van der Waals surface area contributed by atoms with Crippen LogP contribution in [-0.4, -0.2) is 33.3 Å². The second-order valence-corrected chi connectivity index (χ2v) is 6.09. The van der Waals surface area contributed by atoms with Crippen LogP contribution >= 0.6 is 11.6 Å². The van der Waals surface area contributed by atoms with Gasteiger partial charge in [-0.1, -0.05) is 29.8 Å². The topological polar surface area (TPSA) is 54.9 Å². The van der Waals surface area contributed by atoms with E-state index < -0.39 is 0 Å². The lowest BCUT2D eigenvalue weighted by atomic mass is 10.1. The average Bonchev–Trinajstić information content (AvgIpc) is 2.65. The summed E-state index contributed by atoms with van der Waals surface area (Å²) in [6.07, 6.45) is 0.873. The zero-order valence-electron chi connectivity index (χ0n) is 15.5. The largest absolute Gasteiger partial charge is 0.493 e. The summed E-state index contributed by atoms with van der Waals surface area (Å²) in [7, 11) is 3.40. The first-order chi connectivity index (χ1) is 12.7. The van der Waals surface area contributed by atoms with Gasteiger partial charge in [0.15, 0.2) is 17.5 Å². The maximum absolute atomic E-state index is 6.01. The molecule has 5 nitrogen and oxygen atoms in total. The number of halogens is 1. The van der Waals surface area contributed by atoms with Crippen molar-refractivity contribution in [1.29, 1.82) is 0 Å². The van der Waals surface area contributed by atoms with Gasteiger partial charge in [0, 0.05) is 25.2 Å². The minimum Gasteiger partial charge on any atom is -0.493 e. The summed E-state index contributed by atoms with van der Waals surface area (Å²) < 4.78 is 10.9. The molecule has 140 valence electrons. The molecule has 0 aliphatic carbocycles. The van der Waals surface area contributed by atoms with Crippen molar-refractivity contribution in [2.75, 3.05) is 27.3 Å².